The second-order valence-corrected chi connectivity index (χ2v) is 4.72. The fourth-order valence-electron chi connectivity index (χ4n) is 2.23. The molecule has 0 spiro atoms. The summed E-state index contributed by atoms with van der Waals surface area (Å²) >= 11 is 0. The minimum Gasteiger partial charge on any atom is -0.329 e. The number of pyridine rings is 2. The van der Waals surface area contributed by atoms with E-state index >= 15 is 0 Å². The van der Waals surface area contributed by atoms with E-state index in [1.165, 1.54) is 11.1 Å². The van der Waals surface area contributed by atoms with Crippen molar-refractivity contribution in [1.29, 1.82) is 0 Å². The zero-order chi connectivity index (χ0) is 13.7. The van der Waals surface area contributed by atoms with Crippen molar-refractivity contribution in [3.05, 3.63) is 59.7 Å². The molecule has 4 nitrogen and oxygen atoms in total. The van der Waals surface area contributed by atoms with Crippen LogP contribution in [0.15, 0.2) is 42.9 Å². The molecular formula is C15H20N4. The Morgan fingerprint density at radius 2 is 2.11 bits per heavy atom. The van der Waals surface area contributed by atoms with Gasteiger partial charge in [0.25, 0.3) is 0 Å². The molecule has 2 heterocycles. The van der Waals surface area contributed by atoms with Crippen LogP contribution in [0, 0.1) is 6.92 Å². The van der Waals surface area contributed by atoms with Crippen LogP contribution < -0.4 is 5.73 Å². The molecular weight excluding hydrogens is 236 g/mol. The highest BCUT2D eigenvalue weighted by Gasteiger charge is 2.17. The van der Waals surface area contributed by atoms with E-state index < -0.39 is 0 Å². The monoisotopic (exact) mass is 256 g/mol. The van der Waals surface area contributed by atoms with E-state index in [1.807, 2.05) is 42.9 Å². The summed E-state index contributed by atoms with van der Waals surface area (Å²) in [5, 5.41) is 0. The Bertz CT molecular complexity index is 513. The molecule has 0 aliphatic rings. The van der Waals surface area contributed by atoms with Gasteiger partial charge in [-0.25, -0.2) is 0 Å². The van der Waals surface area contributed by atoms with Crippen molar-refractivity contribution in [3.8, 4) is 0 Å². The Morgan fingerprint density at radius 3 is 2.74 bits per heavy atom. The summed E-state index contributed by atoms with van der Waals surface area (Å²) in [7, 11) is 2.07. The Balaban J connectivity index is 2.16. The molecule has 0 fully saturated rings. The lowest BCUT2D eigenvalue weighted by molar-refractivity contribution is 0.238. The minimum atomic E-state index is 0.163. The molecule has 0 saturated carbocycles. The van der Waals surface area contributed by atoms with Crippen LogP contribution in [0.25, 0.3) is 0 Å². The average Bonchev–Trinajstić information content (AvgIpc) is 2.43. The molecule has 2 rings (SSSR count). The number of hydrogen-bond donors (Lipinski definition) is 1. The van der Waals surface area contributed by atoms with Crippen LogP contribution in [0.3, 0.4) is 0 Å². The molecule has 0 radical (unpaired) electrons. The maximum atomic E-state index is 5.94. The van der Waals surface area contributed by atoms with Gasteiger partial charge < -0.3 is 5.73 Å². The summed E-state index contributed by atoms with van der Waals surface area (Å²) in [6.07, 6.45) is 5.53. The molecule has 2 aromatic rings. The number of likely N-dealkylation sites (N-methyl/N-ethyl adjacent to an activating group) is 1. The summed E-state index contributed by atoms with van der Waals surface area (Å²) in [4.78, 5) is 10.8. The van der Waals surface area contributed by atoms with Crippen molar-refractivity contribution in [3.63, 3.8) is 0 Å². The van der Waals surface area contributed by atoms with E-state index in [0.29, 0.717) is 6.54 Å². The fourth-order valence-corrected chi connectivity index (χ4v) is 2.23. The van der Waals surface area contributed by atoms with E-state index in [-0.39, 0.29) is 6.04 Å². The molecule has 0 aliphatic heterocycles. The van der Waals surface area contributed by atoms with Gasteiger partial charge in [-0.3, -0.25) is 14.9 Å². The molecule has 0 aromatic carbocycles. The van der Waals surface area contributed by atoms with Gasteiger partial charge in [-0.15, -0.1) is 0 Å². The predicted molar refractivity (Wildman–Crippen MR) is 76.5 cm³/mol. The molecule has 19 heavy (non-hydrogen) atoms. The molecule has 0 aliphatic carbocycles. The van der Waals surface area contributed by atoms with Crippen LogP contribution in [0.4, 0.5) is 0 Å². The topological polar surface area (TPSA) is 55.0 Å². The first-order valence-electron chi connectivity index (χ1n) is 6.43. The molecule has 4 heteroatoms. The van der Waals surface area contributed by atoms with Gasteiger partial charge in [-0.2, -0.15) is 0 Å². The molecule has 100 valence electrons. The van der Waals surface area contributed by atoms with Crippen LogP contribution in [-0.2, 0) is 6.54 Å². The van der Waals surface area contributed by atoms with Gasteiger partial charge in [0.1, 0.15) is 0 Å². The van der Waals surface area contributed by atoms with Crippen LogP contribution in [0.5, 0.6) is 0 Å². The summed E-state index contributed by atoms with van der Waals surface area (Å²) in [5.41, 5.74) is 9.39. The SMILES string of the molecule is Cc1ccncc1C(CN)N(C)Cc1ccccn1. The van der Waals surface area contributed by atoms with Gasteiger partial charge in [0.05, 0.1) is 5.69 Å². The van der Waals surface area contributed by atoms with Crippen LogP contribution in [-0.4, -0.2) is 28.5 Å². The quantitative estimate of drug-likeness (QED) is 0.888. The minimum absolute atomic E-state index is 0.163. The van der Waals surface area contributed by atoms with Crippen LogP contribution >= 0.6 is 0 Å². The zero-order valence-corrected chi connectivity index (χ0v) is 11.5. The summed E-state index contributed by atoms with van der Waals surface area (Å²) < 4.78 is 0. The lowest BCUT2D eigenvalue weighted by atomic mass is 10.0. The Labute approximate surface area is 114 Å². The Kier molecular flexibility index (Phi) is 4.60. The number of rotatable bonds is 5. The second kappa shape index (κ2) is 6.41. The molecule has 2 N–H and O–H groups in total. The van der Waals surface area contributed by atoms with Crippen molar-refractivity contribution in [2.75, 3.05) is 13.6 Å². The van der Waals surface area contributed by atoms with Crippen molar-refractivity contribution < 1.29 is 0 Å². The Hall–Kier alpha value is -1.78. The Morgan fingerprint density at radius 1 is 1.26 bits per heavy atom. The van der Waals surface area contributed by atoms with Gasteiger partial charge in [0.2, 0.25) is 0 Å². The van der Waals surface area contributed by atoms with Crippen molar-refractivity contribution in [2.24, 2.45) is 5.73 Å². The van der Waals surface area contributed by atoms with E-state index in [4.69, 9.17) is 5.73 Å². The first-order valence-corrected chi connectivity index (χ1v) is 6.43. The molecule has 0 amide bonds. The van der Waals surface area contributed by atoms with E-state index in [1.54, 1.807) is 0 Å². The van der Waals surface area contributed by atoms with Gasteiger partial charge in [-0.1, -0.05) is 6.07 Å². The van der Waals surface area contributed by atoms with Crippen LogP contribution in [0.2, 0.25) is 0 Å². The first-order chi connectivity index (χ1) is 9.22. The number of nitrogens with two attached hydrogens (primary N) is 1. The number of nitrogens with zero attached hydrogens (tertiary/aromatic N) is 3. The summed E-state index contributed by atoms with van der Waals surface area (Å²) in [6, 6.07) is 8.14. The zero-order valence-electron chi connectivity index (χ0n) is 11.5. The maximum absolute atomic E-state index is 5.94. The van der Waals surface area contributed by atoms with Gasteiger partial charge in [0.15, 0.2) is 0 Å². The predicted octanol–water partition coefficient (Wildman–Crippen LogP) is 1.92. The van der Waals surface area contributed by atoms with E-state index in [0.717, 1.165) is 12.2 Å². The van der Waals surface area contributed by atoms with E-state index in [2.05, 4.69) is 28.8 Å². The molecule has 1 atom stereocenters. The number of aromatic nitrogens is 2. The van der Waals surface area contributed by atoms with E-state index in [9.17, 15) is 0 Å². The smallest absolute Gasteiger partial charge is 0.0544 e. The summed E-state index contributed by atoms with van der Waals surface area (Å²) in [5.74, 6) is 0. The van der Waals surface area contributed by atoms with Crippen molar-refractivity contribution in [2.45, 2.75) is 19.5 Å². The van der Waals surface area contributed by atoms with Gasteiger partial charge >= 0.3 is 0 Å². The highest BCUT2D eigenvalue weighted by molar-refractivity contribution is 5.25. The third kappa shape index (κ3) is 3.36. The third-order valence-electron chi connectivity index (χ3n) is 3.33. The third-order valence-corrected chi connectivity index (χ3v) is 3.33. The molecule has 0 bridgehead atoms. The lowest BCUT2D eigenvalue weighted by Crippen LogP contribution is -2.31. The van der Waals surface area contributed by atoms with Crippen LogP contribution in [0.1, 0.15) is 22.9 Å². The van der Waals surface area contributed by atoms with Gasteiger partial charge in [-0.05, 0) is 43.3 Å². The van der Waals surface area contributed by atoms with Crippen molar-refractivity contribution in [1.82, 2.24) is 14.9 Å². The molecule has 1 unspecified atom stereocenters. The molecule has 2 aromatic heterocycles. The highest BCUT2D eigenvalue weighted by Crippen LogP contribution is 2.22. The standard InChI is InChI=1S/C15H20N4/c1-12-6-8-17-10-14(12)15(9-16)19(2)11-13-5-3-4-7-18-13/h3-8,10,15H,9,11,16H2,1-2H3. The number of hydrogen-bond acceptors (Lipinski definition) is 4. The number of aryl methyl sites for hydroxylation is 1. The molecule has 0 saturated heterocycles. The lowest BCUT2D eigenvalue weighted by Gasteiger charge is -2.27. The normalized spacial score (nSPS) is 12.6. The highest BCUT2D eigenvalue weighted by atomic mass is 15.1. The second-order valence-electron chi connectivity index (χ2n) is 4.72. The fraction of sp³-hybridized carbons (Fsp3) is 0.333. The average molecular weight is 256 g/mol. The first kappa shape index (κ1) is 13.6. The largest absolute Gasteiger partial charge is 0.329 e. The summed E-state index contributed by atoms with van der Waals surface area (Å²) in [6.45, 7) is 3.43. The maximum Gasteiger partial charge on any atom is 0.0544 e. The van der Waals surface area contributed by atoms with Crippen molar-refractivity contribution >= 4 is 0 Å². The van der Waals surface area contributed by atoms with Gasteiger partial charge in [0, 0.05) is 37.7 Å².